The van der Waals surface area contributed by atoms with Gasteiger partial charge in [-0.25, -0.2) is 17.9 Å². The standard InChI is InChI=1S/C16H17FN2O3S/c17-14-5-1-4-13(11-14)16(20)19-10-2-3-12-6-8-15(9-7-12)23(18,21)22/h1,4-9,11H,2-3,10H2,(H,19,20)(H2,18,21,22). The number of halogens is 1. The maximum Gasteiger partial charge on any atom is 0.251 e. The molecule has 0 bridgehead atoms. The zero-order valence-corrected chi connectivity index (χ0v) is 13.1. The summed E-state index contributed by atoms with van der Waals surface area (Å²) >= 11 is 0. The quantitative estimate of drug-likeness (QED) is 0.789. The molecule has 7 heteroatoms. The van der Waals surface area contributed by atoms with Crippen LogP contribution in [0.15, 0.2) is 53.4 Å². The van der Waals surface area contributed by atoms with Crippen LogP contribution in [0.4, 0.5) is 4.39 Å². The lowest BCUT2D eigenvalue weighted by Gasteiger charge is -2.06. The minimum Gasteiger partial charge on any atom is -0.352 e. The SMILES string of the molecule is NS(=O)(=O)c1ccc(CCCNC(=O)c2cccc(F)c2)cc1. The average Bonchev–Trinajstić information content (AvgIpc) is 2.51. The van der Waals surface area contributed by atoms with Crippen LogP contribution in [0.2, 0.25) is 0 Å². The number of aryl methyl sites for hydroxylation is 1. The molecular weight excluding hydrogens is 319 g/mol. The first-order valence-electron chi connectivity index (χ1n) is 7.02. The lowest BCUT2D eigenvalue weighted by Crippen LogP contribution is -2.24. The van der Waals surface area contributed by atoms with Gasteiger partial charge in [-0.05, 0) is 48.7 Å². The highest BCUT2D eigenvalue weighted by Gasteiger charge is 2.07. The molecule has 0 aliphatic carbocycles. The molecule has 23 heavy (non-hydrogen) atoms. The lowest BCUT2D eigenvalue weighted by molar-refractivity contribution is 0.0952. The summed E-state index contributed by atoms with van der Waals surface area (Å²) in [6, 6.07) is 11.8. The molecule has 122 valence electrons. The van der Waals surface area contributed by atoms with Crippen LogP contribution >= 0.6 is 0 Å². The third kappa shape index (κ3) is 5.15. The predicted molar refractivity (Wildman–Crippen MR) is 84.9 cm³/mol. The van der Waals surface area contributed by atoms with Gasteiger partial charge in [-0.2, -0.15) is 0 Å². The fraction of sp³-hybridized carbons (Fsp3) is 0.188. The van der Waals surface area contributed by atoms with E-state index in [1.54, 1.807) is 18.2 Å². The van der Waals surface area contributed by atoms with Crippen molar-refractivity contribution in [3.63, 3.8) is 0 Å². The highest BCUT2D eigenvalue weighted by atomic mass is 32.2. The molecule has 0 spiro atoms. The molecule has 0 atom stereocenters. The zero-order valence-electron chi connectivity index (χ0n) is 12.3. The third-order valence-electron chi connectivity index (χ3n) is 3.27. The highest BCUT2D eigenvalue weighted by molar-refractivity contribution is 7.89. The fourth-order valence-electron chi connectivity index (χ4n) is 2.07. The van der Waals surface area contributed by atoms with E-state index in [-0.39, 0.29) is 16.4 Å². The van der Waals surface area contributed by atoms with Gasteiger partial charge in [-0.1, -0.05) is 18.2 Å². The number of rotatable bonds is 6. The van der Waals surface area contributed by atoms with Crippen LogP contribution in [0.3, 0.4) is 0 Å². The number of carbonyl (C=O) groups is 1. The molecule has 2 rings (SSSR count). The first-order chi connectivity index (χ1) is 10.9. The minimum atomic E-state index is -3.68. The summed E-state index contributed by atoms with van der Waals surface area (Å²) in [6.07, 6.45) is 1.35. The largest absolute Gasteiger partial charge is 0.352 e. The van der Waals surface area contributed by atoms with E-state index in [4.69, 9.17) is 5.14 Å². The lowest BCUT2D eigenvalue weighted by atomic mass is 10.1. The topological polar surface area (TPSA) is 89.3 Å². The summed E-state index contributed by atoms with van der Waals surface area (Å²) in [5.41, 5.74) is 1.22. The van der Waals surface area contributed by atoms with Gasteiger partial charge >= 0.3 is 0 Å². The maximum atomic E-state index is 13.0. The molecule has 0 saturated carbocycles. The number of hydrogen-bond donors (Lipinski definition) is 2. The van der Waals surface area contributed by atoms with E-state index in [1.807, 2.05) is 0 Å². The Morgan fingerprint density at radius 2 is 1.83 bits per heavy atom. The molecule has 3 N–H and O–H groups in total. The second-order valence-corrected chi connectivity index (χ2v) is 6.62. The average molecular weight is 336 g/mol. The molecule has 0 saturated heterocycles. The van der Waals surface area contributed by atoms with Gasteiger partial charge in [0.15, 0.2) is 0 Å². The number of nitrogens with two attached hydrogens (primary N) is 1. The second-order valence-electron chi connectivity index (χ2n) is 5.06. The normalized spacial score (nSPS) is 11.2. The molecule has 0 aliphatic heterocycles. The summed E-state index contributed by atoms with van der Waals surface area (Å²) in [7, 11) is -3.68. The van der Waals surface area contributed by atoms with Crippen LogP contribution in [0, 0.1) is 5.82 Å². The summed E-state index contributed by atoms with van der Waals surface area (Å²) < 4.78 is 35.3. The van der Waals surface area contributed by atoms with E-state index in [0.29, 0.717) is 19.4 Å². The molecule has 2 aromatic rings. The Hall–Kier alpha value is -2.25. The van der Waals surface area contributed by atoms with Gasteiger partial charge in [-0.15, -0.1) is 0 Å². The van der Waals surface area contributed by atoms with Crippen LogP contribution in [0.1, 0.15) is 22.3 Å². The molecule has 0 unspecified atom stereocenters. The Morgan fingerprint density at radius 3 is 2.43 bits per heavy atom. The van der Waals surface area contributed by atoms with E-state index in [0.717, 1.165) is 5.56 Å². The first kappa shape index (κ1) is 17.1. The Kier molecular flexibility index (Phi) is 5.46. The van der Waals surface area contributed by atoms with Crippen LogP contribution in [-0.2, 0) is 16.4 Å². The van der Waals surface area contributed by atoms with E-state index < -0.39 is 15.8 Å². The summed E-state index contributed by atoms with van der Waals surface area (Å²) in [6.45, 7) is 0.437. The van der Waals surface area contributed by atoms with Gasteiger partial charge in [0.2, 0.25) is 10.0 Å². The second kappa shape index (κ2) is 7.34. The van der Waals surface area contributed by atoms with Crippen molar-refractivity contribution in [1.82, 2.24) is 5.32 Å². The van der Waals surface area contributed by atoms with E-state index in [9.17, 15) is 17.6 Å². The van der Waals surface area contributed by atoms with Crippen molar-refractivity contribution >= 4 is 15.9 Å². The number of benzene rings is 2. The number of amides is 1. The molecule has 1 amide bonds. The Balaban J connectivity index is 1.80. The van der Waals surface area contributed by atoms with Crippen molar-refractivity contribution in [3.05, 3.63) is 65.5 Å². The van der Waals surface area contributed by atoms with Crippen molar-refractivity contribution in [2.24, 2.45) is 5.14 Å². The molecule has 0 aliphatic rings. The highest BCUT2D eigenvalue weighted by Crippen LogP contribution is 2.10. The van der Waals surface area contributed by atoms with Gasteiger partial charge in [-0.3, -0.25) is 4.79 Å². The Labute approximate surface area is 134 Å². The van der Waals surface area contributed by atoms with Gasteiger partial charge in [0.05, 0.1) is 4.90 Å². The van der Waals surface area contributed by atoms with Crippen molar-refractivity contribution in [2.45, 2.75) is 17.7 Å². The summed E-state index contributed by atoms with van der Waals surface area (Å²) in [5, 5.41) is 7.74. The van der Waals surface area contributed by atoms with Gasteiger partial charge in [0.1, 0.15) is 5.82 Å². The molecule has 0 fully saturated rings. The zero-order chi connectivity index (χ0) is 16.9. The molecular formula is C16H17FN2O3S. The van der Waals surface area contributed by atoms with Crippen molar-refractivity contribution in [3.8, 4) is 0 Å². The van der Waals surface area contributed by atoms with E-state index in [2.05, 4.69) is 5.32 Å². The van der Waals surface area contributed by atoms with Crippen molar-refractivity contribution in [1.29, 1.82) is 0 Å². The molecule has 2 aromatic carbocycles. The number of sulfonamides is 1. The minimum absolute atomic E-state index is 0.0701. The molecule has 5 nitrogen and oxygen atoms in total. The number of primary sulfonamides is 1. The van der Waals surface area contributed by atoms with Gasteiger partial charge in [0.25, 0.3) is 5.91 Å². The van der Waals surface area contributed by atoms with Crippen molar-refractivity contribution < 1.29 is 17.6 Å². The molecule has 0 radical (unpaired) electrons. The predicted octanol–water partition coefficient (Wildman–Crippen LogP) is 1.84. The number of hydrogen-bond acceptors (Lipinski definition) is 3. The third-order valence-corrected chi connectivity index (χ3v) is 4.20. The Bertz CT molecular complexity index is 789. The van der Waals surface area contributed by atoms with Crippen LogP contribution in [0.5, 0.6) is 0 Å². The monoisotopic (exact) mass is 336 g/mol. The number of nitrogens with one attached hydrogen (secondary N) is 1. The molecule has 0 heterocycles. The smallest absolute Gasteiger partial charge is 0.251 e. The number of carbonyl (C=O) groups excluding carboxylic acids is 1. The van der Waals surface area contributed by atoms with Crippen molar-refractivity contribution in [2.75, 3.05) is 6.54 Å². The van der Waals surface area contributed by atoms with Crippen LogP contribution < -0.4 is 10.5 Å². The van der Waals surface area contributed by atoms with E-state index >= 15 is 0 Å². The van der Waals surface area contributed by atoms with E-state index in [1.165, 1.54) is 30.3 Å². The maximum absolute atomic E-state index is 13.0. The van der Waals surface area contributed by atoms with Crippen LogP contribution in [-0.4, -0.2) is 20.9 Å². The van der Waals surface area contributed by atoms with Gasteiger partial charge in [0, 0.05) is 12.1 Å². The van der Waals surface area contributed by atoms with Gasteiger partial charge < -0.3 is 5.32 Å². The molecule has 0 aromatic heterocycles. The Morgan fingerprint density at radius 1 is 1.13 bits per heavy atom. The van der Waals surface area contributed by atoms with Crippen LogP contribution in [0.25, 0.3) is 0 Å². The first-order valence-corrected chi connectivity index (χ1v) is 8.56. The fourth-order valence-corrected chi connectivity index (χ4v) is 2.59. The summed E-state index contributed by atoms with van der Waals surface area (Å²) in [4.78, 5) is 11.9. The summed E-state index contributed by atoms with van der Waals surface area (Å²) in [5.74, 6) is -0.776.